The summed E-state index contributed by atoms with van der Waals surface area (Å²) in [6.45, 7) is 4.23. The van der Waals surface area contributed by atoms with Gasteiger partial charge in [0.2, 0.25) is 0 Å². The Balaban J connectivity index is 1.77. The molecule has 8 nitrogen and oxygen atoms in total. The largest absolute Gasteiger partial charge is 0.451 e. The number of hydrogen-bond donors (Lipinski definition) is 2. The first-order valence-corrected chi connectivity index (χ1v) is 11.6. The van der Waals surface area contributed by atoms with Crippen LogP contribution in [0.5, 0.6) is 0 Å². The van der Waals surface area contributed by atoms with E-state index >= 15 is 0 Å². The van der Waals surface area contributed by atoms with E-state index in [4.69, 9.17) is 10.2 Å². The van der Waals surface area contributed by atoms with Crippen LogP contribution in [0.4, 0.5) is 15.9 Å². The van der Waals surface area contributed by atoms with Crippen molar-refractivity contribution in [1.29, 1.82) is 0 Å². The number of aromatic nitrogens is 2. The van der Waals surface area contributed by atoms with E-state index in [1.165, 1.54) is 27.7 Å². The van der Waals surface area contributed by atoms with Crippen LogP contribution in [-0.2, 0) is 6.54 Å². The Morgan fingerprint density at radius 3 is 2.44 bits per heavy atom. The molecule has 0 radical (unpaired) electrons. The van der Waals surface area contributed by atoms with Crippen LogP contribution >= 0.6 is 0 Å². The molecule has 0 bridgehead atoms. The van der Waals surface area contributed by atoms with Crippen molar-refractivity contribution in [3.8, 4) is 11.3 Å². The summed E-state index contributed by atoms with van der Waals surface area (Å²) in [6, 6.07) is 18.1. The van der Waals surface area contributed by atoms with Crippen LogP contribution in [0.15, 0.2) is 80.7 Å². The van der Waals surface area contributed by atoms with Crippen LogP contribution in [0.25, 0.3) is 11.3 Å². The van der Waals surface area contributed by atoms with Crippen LogP contribution in [0.3, 0.4) is 0 Å². The van der Waals surface area contributed by atoms with E-state index in [-0.39, 0.29) is 47.6 Å². The summed E-state index contributed by atoms with van der Waals surface area (Å²) in [4.78, 5) is 42.6. The molecule has 9 heteroatoms. The van der Waals surface area contributed by atoms with Gasteiger partial charge < -0.3 is 10.2 Å². The summed E-state index contributed by atoms with van der Waals surface area (Å²) in [5, 5.41) is 0. The van der Waals surface area contributed by atoms with Gasteiger partial charge in [-0.25, -0.2) is 9.18 Å². The molecule has 2 heterocycles. The zero-order valence-electron chi connectivity index (χ0n) is 20.0. The molecule has 4 rings (SSSR count). The molecule has 0 fully saturated rings. The topological polar surface area (TPSA) is 114 Å². The predicted molar refractivity (Wildman–Crippen MR) is 137 cm³/mol. The molecule has 2 aromatic carbocycles. The second-order valence-corrected chi connectivity index (χ2v) is 8.85. The lowest BCUT2D eigenvalue weighted by molar-refractivity contribution is 0.0959. The van der Waals surface area contributed by atoms with Crippen molar-refractivity contribution in [2.24, 2.45) is 5.92 Å². The molecule has 2 aromatic heterocycles. The van der Waals surface area contributed by atoms with Gasteiger partial charge in [-0.3, -0.25) is 24.0 Å². The first-order chi connectivity index (χ1) is 17.3. The third-order valence-electron chi connectivity index (χ3n) is 5.80. The molecule has 0 aliphatic heterocycles. The third-order valence-corrected chi connectivity index (χ3v) is 5.80. The fourth-order valence-corrected chi connectivity index (χ4v) is 3.85. The minimum atomic E-state index is -0.778. The van der Waals surface area contributed by atoms with Gasteiger partial charge in [0.05, 0.1) is 12.1 Å². The van der Waals surface area contributed by atoms with E-state index < -0.39 is 23.0 Å². The summed E-state index contributed by atoms with van der Waals surface area (Å²) in [5.41, 5.74) is 5.75. The van der Waals surface area contributed by atoms with Crippen molar-refractivity contribution < 1.29 is 13.6 Å². The number of benzene rings is 2. The van der Waals surface area contributed by atoms with Gasteiger partial charge in [-0.1, -0.05) is 56.3 Å². The molecular weight excluding hydrogens is 463 g/mol. The maximum absolute atomic E-state index is 14.2. The number of rotatable bonds is 8. The molecule has 0 atom stereocenters. The van der Waals surface area contributed by atoms with E-state index in [1.54, 1.807) is 18.2 Å². The third kappa shape index (κ3) is 5.14. The Morgan fingerprint density at radius 2 is 1.75 bits per heavy atom. The van der Waals surface area contributed by atoms with Crippen LogP contribution in [0, 0.1) is 11.7 Å². The highest BCUT2D eigenvalue weighted by atomic mass is 19.1. The van der Waals surface area contributed by atoms with E-state index in [2.05, 4.69) is 4.98 Å². The summed E-state index contributed by atoms with van der Waals surface area (Å²) in [6.07, 6.45) is 0.559. The van der Waals surface area contributed by atoms with Gasteiger partial charge in [0.25, 0.3) is 11.5 Å². The molecule has 0 aliphatic rings. The maximum atomic E-state index is 14.2. The SMILES string of the molecule is CC(C)CCN(C(=O)c1ccc(-c2ccccc2F)o1)c1c(N)n(Cc2ccccc2)c(=O)[nH]c1=O. The molecule has 36 heavy (non-hydrogen) atoms. The van der Waals surface area contributed by atoms with Gasteiger partial charge in [-0.05, 0) is 42.2 Å². The molecule has 1 amide bonds. The first kappa shape index (κ1) is 24.7. The number of carbonyl (C=O) groups excluding carboxylic acids is 1. The molecule has 3 N–H and O–H groups in total. The summed E-state index contributed by atoms with van der Waals surface area (Å²) in [7, 11) is 0. The number of nitrogens with zero attached hydrogens (tertiary/aromatic N) is 2. The average Bonchev–Trinajstić information content (AvgIpc) is 3.34. The number of nitrogens with one attached hydrogen (secondary N) is 1. The second-order valence-electron chi connectivity index (χ2n) is 8.85. The number of H-pyrrole nitrogens is 1. The van der Waals surface area contributed by atoms with E-state index in [1.807, 2.05) is 44.2 Å². The molecule has 0 unspecified atom stereocenters. The standard InChI is InChI=1S/C27H27FN4O4/c1-17(2)14-15-31(26(34)22-13-12-21(36-22)19-10-6-7-11-20(19)28)23-24(29)32(27(35)30-25(23)33)16-18-8-4-3-5-9-18/h3-13,17H,14-16,29H2,1-2H3,(H,30,33,35). The minimum Gasteiger partial charge on any atom is -0.451 e. The maximum Gasteiger partial charge on any atom is 0.330 e. The van der Waals surface area contributed by atoms with Gasteiger partial charge in [-0.15, -0.1) is 0 Å². The number of nitrogen functional groups attached to an aromatic ring is 1. The lowest BCUT2D eigenvalue weighted by atomic mass is 10.1. The highest BCUT2D eigenvalue weighted by Crippen LogP contribution is 2.27. The number of carbonyl (C=O) groups is 1. The summed E-state index contributed by atoms with van der Waals surface area (Å²) < 4.78 is 21.2. The molecular formula is C27H27FN4O4. The van der Waals surface area contributed by atoms with Crippen molar-refractivity contribution in [3.05, 3.63) is 105 Å². The summed E-state index contributed by atoms with van der Waals surface area (Å²) in [5.74, 6) is -0.948. The van der Waals surface area contributed by atoms with E-state index in [9.17, 15) is 18.8 Å². The lowest BCUT2D eigenvalue weighted by Gasteiger charge is -2.24. The van der Waals surface area contributed by atoms with Gasteiger partial charge in [0, 0.05) is 6.54 Å². The predicted octanol–water partition coefficient (Wildman–Crippen LogP) is 4.26. The number of anilines is 2. The van der Waals surface area contributed by atoms with Gasteiger partial charge in [0.1, 0.15) is 17.4 Å². The fourth-order valence-electron chi connectivity index (χ4n) is 3.85. The Labute approximate surface area is 206 Å². The zero-order valence-corrected chi connectivity index (χ0v) is 20.0. The minimum absolute atomic E-state index is 0.0865. The lowest BCUT2D eigenvalue weighted by Crippen LogP contribution is -2.42. The number of amides is 1. The Hall–Kier alpha value is -4.40. The van der Waals surface area contributed by atoms with Crippen LogP contribution < -0.4 is 21.9 Å². The Bertz CT molecular complexity index is 1490. The molecule has 0 saturated carbocycles. The smallest absolute Gasteiger partial charge is 0.330 e. The van der Waals surface area contributed by atoms with Crippen molar-refractivity contribution in [3.63, 3.8) is 0 Å². The van der Waals surface area contributed by atoms with Crippen molar-refractivity contribution in [2.45, 2.75) is 26.8 Å². The zero-order chi connectivity index (χ0) is 25.8. The Kier molecular flexibility index (Phi) is 7.19. The normalized spacial score (nSPS) is 11.1. The van der Waals surface area contributed by atoms with Crippen molar-refractivity contribution >= 4 is 17.4 Å². The molecule has 0 saturated heterocycles. The number of aromatic amines is 1. The highest BCUT2D eigenvalue weighted by Gasteiger charge is 2.28. The van der Waals surface area contributed by atoms with Gasteiger partial charge in [0.15, 0.2) is 11.4 Å². The number of furan rings is 1. The molecule has 4 aromatic rings. The van der Waals surface area contributed by atoms with E-state index in [0.717, 1.165) is 5.56 Å². The molecule has 0 aliphatic carbocycles. The van der Waals surface area contributed by atoms with E-state index in [0.29, 0.717) is 6.42 Å². The average molecular weight is 491 g/mol. The summed E-state index contributed by atoms with van der Waals surface area (Å²) >= 11 is 0. The monoisotopic (exact) mass is 490 g/mol. The molecule has 0 spiro atoms. The number of hydrogen-bond acceptors (Lipinski definition) is 5. The van der Waals surface area contributed by atoms with Crippen LogP contribution in [0.1, 0.15) is 36.4 Å². The number of halogens is 1. The second kappa shape index (κ2) is 10.5. The fraction of sp³-hybridized carbons (Fsp3) is 0.222. The Morgan fingerprint density at radius 1 is 1.06 bits per heavy atom. The van der Waals surface area contributed by atoms with Gasteiger partial charge >= 0.3 is 5.69 Å². The van der Waals surface area contributed by atoms with Crippen LogP contribution in [-0.4, -0.2) is 22.0 Å². The molecule has 186 valence electrons. The van der Waals surface area contributed by atoms with Crippen molar-refractivity contribution in [1.82, 2.24) is 9.55 Å². The highest BCUT2D eigenvalue weighted by molar-refractivity contribution is 6.05. The van der Waals surface area contributed by atoms with Crippen LogP contribution in [0.2, 0.25) is 0 Å². The quantitative estimate of drug-likeness (QED) is 0.383. The van der Waals surface area contributed by atoms with Crippen molar-refractivity contribution in [2.75, 3.05) is 17.2 Å². The first-order valence-electron chi connectivity index (χ1n) is 11.6. The number of nitrogens with two attached hydrogens (primary N) is 1. The van der Waals surface area contributed by atoms with Gasteiger partial charge in [-0.2, -0.15) is 0 Å².